The van der Waals surface area contributed by atoms with Gasteiger partial charge in [-0.25, -0.2) is 0 Å². The van der Waals surface area contributed by atoms with Crippen LogP contribution in [-0.2, 0) is 19.5 Å². The van der Waals surface area contributed by atoms with E-state index >= 15 is 0 Å². The van der Waals surface area contributed by atoms with Gasteiger partial charge in [-0.1, -0.05) is 37.1 Å². The number of amides is 1. The van der Waals surface area contributed by atoms with Gasteiger partial charge in [0.05, 0.1) is 12.8 Å². The van der Waals surface area contributed by atoms with Gasteiger partial charge in [-0.05, 0) is 105 Å². The van der Waals surface area contributed by atoms with Gasteiger partial charge in [0.2, 0.25) is 0 Å². The molecular formula is C38H50N4O3. The number of para-hydroxylation sites is 1. The molecule has 2 aromatic carbocycles. The smallest absolute Gasteiger partial charge is 0.253 e. The maximum Gasteiger partial charge on any atom is 0.253 e. The first-order valence-corrected chi connectivity index (χ1v) is 17.1. The largest absolute Gasteiger partial charge is 0.496 e. The van der Waals surface area contributed by atoms with E-state index in [-0.39, 0.29) is 11.3 Å². The second kappa shape index (κ2) is 15.2. The first-order valence-electron chi connectivity index (χ1n) is 17.1. The fourth-order valence-corrected chi connectivity index (χ4v) is 7.61. The van der Waals surface area contributed by atoms with Crippen LogP contribution in [0.15, 0.2) is 66.9 Å². The molecule has 45 heavy (non-hydrogen) atoms. The molecule has 0 unspecified atom stereocenters. The molecule has 0 saturated carbocycles. The van der Waals surface area contributed by atoms with Crippen LogP contribution in [0, 0.1) is 5.41 Å². The third-order valence-electron chi connectivity index (χ3n) is 10.2. The summed E-state index contributed by atoms with van der Waals surface area (Å²) in [5.74, 6) is 2.05. The normalized spacial score (nSPS) is 20.0. The Balaban J connectivity index is 1.15. The third kappa shape index (κ3) is 8.25. The Bertz CT molecular complexity index is 1380. The number of fused-ring (bicyclic) bond motifs is 1. The monoisotopic (exact) mass is 610 g/mol. The molecule has 0 bridgehead atoms. The summed E-state index contributed by atoms with van der Waals surface area (Å²) in [5.41, 5.74) is 4.47. The van der Waals surface area contributed by atoms with Crippen LogP contribution in [0.5, 0.6) is 11.5 Å². The third-order valence-corrected chi connectivity index (χ3v) is 10.2. The molecule has 2 saturated heterocycles. The lowest BCUT2D eigenvalue weighted by Crippen LogP contribution is -2.48. The Morgan fingerprint density at radius 3 is 2.47 bits per heavy atom. The summed E-state index contributed by atoms with van der Waals surface area (Å²) in [7, 11) is 1.73. The number of ether oxygens (including phenoxy) is 2. The topological polar surface area (TPSA) is 58.1 Å². The zero-order chi connectivity index (χ0) is 30.9. The highest BCUT2D eigenvalue weighted by Crippen LogP contribution is 2.39. The molecule has 0 radical (unpaired) electrons. The van der Waals surface area contributed by atoms with Crippen LogP contribution in [0.3, 0.4) is 0 Å². The van der Waals surface area contributed by atoms with Crippen molar-refractivity contribution in [2.75, 3.05) is 53.0 Å². The molecule has 0 atom stereocenters. The predicted molar refractivity (Wildman–Crippen MR) is 179 cm³/mol. The fourth-order valence-electron chi connectivity index (χ4n) is 7.61. The Kier molecular flexibility index (Phi) is 10.7. The summed E-state index contributed by atoms with van der Waals surface area (Å²) in [6, 6.07) is 20.7. The number of aromatic nitrogens is 1. The fraction of sp³-hybridized carbons (Fsp3) is 0.526. The van der Waals surface area contributed by atoms with E-state index in [4.69, 9.17) is 9.47 Å². The zero-order valence-electron chi connectivity index (χ0n) is 27.1. The molecule has 3 aliphatic rings. The van der Waals surface area contributed by atoms with Crippen molar-refractivity contribution in [1.29, 1.82) is 0 Å². The second-order valence-corrected chi connectivity index (χ2v) is 13.4. The molecule has 240 valence electrons. The number of aryl methyl sites for hydroxylation is 1. The number of pyridine rings is 1. The Morgan fingerprint density at radius 2 is 1.67 bits per heavy atom. The van der Waals surface area contributed by atoms with Crippen LogP contribution in [0.2, 0.25) is 0 Å². The van der Waals surface area contributed by atoms with E-state index in [9.17, 15) is 4.79 Å². The van der Waals surface area contributed by atoms with Crippen molar-refractivity contribution in [2.45, 2.75) is 70.9 Å². The van der Waals surface area contributed by atoms with Crippen LogP contribution in [0.25, 0.3) is 0 Å². The molecule has 7 nitrogen and oxygen atoms in total. The molecule has 3 aliphatic heterocycles. The van der Waals surface area contributed by atoms with E-state index in [2.05, 4.69) is 62.1 Å². The molecule has 4 heterocycles. The lowest BCUT2D eigenvalue weighted by Gasteiger charge is -2.45. The van der Waals surface area contributed by atoms with Gasteiger partial charge >= 0.3 is 0 Å². The van der Waals surface area contributed by atoms with E-state index in [0.717, 1.165) is 106 Å². The molecule has 6 rings (SSSR count). The molecule has 0 aliphatic carbocycles. The molecular weight excluding hydrogens is 560 g/mol. The number of nitrogens with zero attached hydrogens (tertiary/aromatic N) is 4. The molecule has 2 fully saturated rings. The van der Waals surface area contributed by atoms with Gasteiger partial charge in [0.15, 0.2) is 0 Å². The van der Waals surface area contributed by atoms with Crippen molar-refractivity contribution in [1.82, 2.24) is 19.7 Å². The van der Waals surface area contributed by atoms with Gasteiger partial charge in [-0.15, -0.1) is 0 Å². The van der Waals surface area contributed by atoms with Crippen LogP contribution < -0.4 is 9.47 Å². The first kappa shape index (κ1) is 31.6. The summed E-state index contributed by atoms with van der Waals surface area (Å²) >= 11 is 0. The molecule has 0 N–H and O–H groups in total. The van der Waals surface area contributed by atoms with E-state index in [1.807, 2.05) is 24.4 Å². The van der Waals surface area contributed by atoms with Gasteiger partial charge in [-0.2, -0.15) is 0 Å². The number of likely N-dealkylation sites (tertiary alicyclic amines) is 2. The molecule has 1 aromatic heterocycles. The molecule has 3 aromatic rings. The maximum absolute atomic E-state index is 13.9. The number of carbonyl (C=O) groups excluding carboxylic acids is 1. The van der Waals surface area contributed by atoms with Crippen molar-refractivity contribution in [3.05, 3.63) is 89.2 Å². The predicted octanol–water partition coefficient (Wildman–Crippen LogP) is 6.61. The minimum Gasteiger partial charge on any atom is -0.496 e. The Hall–Kier alpha value is -3.42. The van der Waals surface area contributed by atoms with Gasteiger partial charge in [0.25, 0.3) is 5.91 Å². The standard InChI is InChI=1S/C38H50N4O3/c1-44-35-16-15-32(27-33(35)28-40-21-9-2-10-22-40)37(43)42-23-18-38(19-24-42)17-7-5-12-31-11-3-4-14-36(31)45-26-25-41(30-38)29-34-13-6-8-20-39-34/h3-4,6,8,11,13-16,20,27H,2,5,7,9-10,12,17-19,21-26,28-30H2,1H3. The SMILES string of the molecule is COc1ccc(C(=O)N2CCC3(CCCCc4ccccc4OCCN(Cc4ccccn4)C3)CC2)cc1CN1CCCCC1. The quantitative estimate of drug-likeness (QED) is 0.313. The molecule has 1 amide bonds. The number of piperidine rings is 2. The highest BCUT2D eigenvalue weighted by Gasteiger charge is 2.37. The molecule has 7 heteroatoms. The first-order chi connectivity index (χ1) is 22.1. The average molecular weight is 611 g/mol. The zero-order valence-corrected chi connectivity index (χ0v) is 27.1. The number of benzene rings is 2. The lowest BCUT2D eigenvalue weighted by molar-refractivity contribution is 0.0358. The minimum absolute atomic E-state index is 0.149. The van der Waals surface area contributed by atoms with Gasteiger partial charge < -0.3 is 14.4 Å². The highest BCUT2D eigenvalue weighted by molar-refractivity contribution is 5.94. The van der Waals surface area contributed by atoms with Crippen molar-refractivity contribution in [3.63, 3.8) is 0 Å². The Labute approximate surface area is 269 Å². The van der Waals surface area contributed by atoms with Crippen LogP contribution in [-0.4, -0.2) is 78.6 Å². The summed E-state index contributed by atoms with van der Waals surface area (Å²) in [5, 5.41) is 0. The van der Waals surface area contributed by atoms with E-state index in [1.165, 1.54) is 37.7 Å². The van der Waals surface area contributed by atoms with E-state index in [1.54, 1.807) is 7.11 Å². The number of methoxy groups -OCH3 is 1. The van der Waals surface area contributed by atoms with Crippen molar-refractivity contribution < 1.29 is 14.3 Å². The summed E-state index contributed by atoms with van der Waals surface area (Å²) < 4.78 is 12.1. The summed E-state index contributed by atoms with van der Waals surface area (Å²) in [4.78, 5) is 25.7. The number of hydrogen-bond donors (Lipinski definition) is 0. The van der Waals surface area contributed by atoms with Crippen molar-refractivity contribution in [2.24, 2.45) is 5.41 Å². The van der Waals surface area contributed by atoms with Gasteiger partial charge in [0, 0.05) is 56.6 Å². The summed E-state index contributed by atoms with van der Waals surface area (Å²) in [6.45, 7) is 7.97. The van der Waals surface area contributed by atoms with Crippen molar-refractivity contribution >= 4 is 5.91 Å². The molecule has 1 spiro atoms. The van der Waals surface area contributed by atoms with Crippen LogP contribution in [0.4, 0.5) is 0 Å². The van der Waals surface area contributed by atoms with Gasteiger partial charge in [0.1, 0.15) is 18.1 Å². The van der Waals surface area contributed by atoms with E-state index < -0.39 is 0 Å². The number of rotatable bonds is 6. The lowest BCUT2D eigenvalue weighted by atomic mass is 9.73. The van der Waals surface area contributed by atoms with Gasteiger partial charge in [-0.3, -0.25) is 19.6 Å². The number of carbonyl (C=O) groups is 1. The highest BCUT2D eigenvalue weighted by atomic mass is 16.5. The van der Waals surface area contributed by atoms with Crippen LogP contribution in [0.1, 0.15) is 78.5 Å². The maximum atomic E-state index is 13.9. The summed E-state index contributed by atoms with van der Waals surface area (Å²) in [6.07, 6.45) is 12.3. The van der Waals surface area contributed by atoms with E-state index in [0.29, 0.717) is 6.61 Å². The average Bonchev–Trinajstić information content (AvgIpc) is 3.08. The second-order valence-electron chi connectivity index (χ2n) is 13.4. The Morgan fingerprint density at radius 1 is 0.844 bits per heavy atom. The minimum atomic E-state index is 0.149. The number of hydrogen-bond acceptors (Lipinski definition) is 6. The van der Waals surface area contributed by atoms with Crippen molar-refractivity contribution in [3.8, 4) is 11.5 Å². The van der Waals surface area contributed by atoms with Crippen LogP contribution >= 0.6 is 0 Å².